The molecule has 5 nitrogen and oxygen atoms in total. The Balaban J connectivity index is 2.11. The summed E-state index contributed by atoms with van der Waals surface area (Å²) in [6, 6.07) is 3.51. The zero-order chi connectivity index (χ0) is 13.0. The number of hydrogen-bond acceptors (Lipinski definition) is 4. The highest BCUT2D eigenvalue weighted by atomic mass is 16.5. The van der Waals surface area contributed by atoms with Gasteiger partial charge in [0.05, 0.1) is 6.26 Å². The summed E-state index contributed by atoms with van der Waals surface area (Å²) >= 11 is 0. The van der Waals surface area contributed by atoms with Crippen molar-refractivity contribution in [3.63, 3.8) is 0 Å². The number of methoxy groups -OCH3 is 1. The molecule has 2 unspecified atom stereocenters. The molecule has 0 aromatic carbocycles. The maximum absolute atomic E-state index is 12.0. The summed E-state index contributed by atoms with van der Waals surface area (Å²) in [5.74, 6) is 0.919. The molecular formula is C13H20N2O3. The van der Waals surface area contributed by atoms with E-state index < -0.39 is 0 Å². The van der Waals surface area contributed by atoms with E-state index >= 15 is 0 Å². The number of likely N-dealkylation sites (tertiary alicyclic amines) is 1. The Bertz CT molecular complexity index is 378. The summed E-state index contributed by atoms with van der Waals surface area (Å²) in [7, 11) is 1.66. The van der Waals surface area contributed by atoms with Crippen molar-refractivity contribution < 1.29 is 13.9 Å². The molecule has 2 N–H and O–H groups in total. The van der Waals surface area contributed by atoms with Crippen LogP contribution in [-0.4, -0.2) is 37.1 Å². The van der Waals surface area contributed by atoms with Gasteiger partial charge in [-0.05, 0) is 25.0 Å². The normalized spacial score (nSPS) is 24.6. The van der Waals surface area contributed by atoms with Gasteiger partial charge in [0.2, 0.25) is 5.91 Å². The Morgan fingerprint density at radius 2 is 2.44 bits per heavy atom. The second-order valence-corrected chi connectivity index (χ2v) is 4.60. The summed E-state index contributed by atoms with van der Waals surface area (Å²) in [6.45, 7) is 1.30. The largest absolute Gasteiger partial charge is 0.467 e. The zero-order valence-electron chi connectivity index (χ0n) is 10.7. The molecule has 1 aromatic heterocycles. The number of ether oxygens (including phenoxy) is 1. The second-order valence-electron chi connectivity index (χ2n) is 4.60. The van der Waals surface area contributed by atoms with Gasteiger partial charge in [0.25, 0.3) is 0 Å². The van der Waals surface area contributed by atoms with Crippen LogP contribution < -0.4 is 5.73 Å². The summed E-state index contributed by atoms with van der Waals surface area (Å²) in [4.78, 5) is 13.9. The van der Waals surface area contributed by atoms with Crippen LogP contribution >= 0.6 is 0 Å². The summed E-state index contributed by atoms with van der Waals surface area (Å²) in [6.07, 6.45) is 3.66. The Morgan fingerprint density at radius 3 is 3.11 bits per heavy atom. The molecule has 1 aliphatic heterocycles. The highest BCUT2D eigenvalue weighted by molar-refractivity contribution is 5.77. The molecule has 0 aliphatic carbocycles. The maximum atomic E-state index is 12.0. The molecule has 5 heteroatoms. The summed E-state index contributed by atoms with van der Waals surface area (Å²) < 4.78 is 10.5. The van der Waals surface area contributed by atoms with E-state index in [0.717, 1.165) is 12.2 Å². The first-order valence-electron chi connectivity index (χ1n) is 6.31. The lowest BCUT2D eigenvalue weighted by molar-refractivity contribution is -0.138. The van der Waals surface area contributed by atoms with Crippen LogP contribution in [0.4, 0.5) is 0 Å². The molecule has 1 aromatic rings. The molecule has 0 spiro atoms. The van der Waals surface area contributed by atoms with Crippen molar-refractivity contribution >= 4 is 5.91 Å². The van der Waals surface area contributed by atoms with Gasteiger partial charge < -0.3 is 19.8 Å². The van der Waals surface area contributed by atoms with E-state index in [-0.39, 0.29) is 18.0 Å². The number of furan rings is 1. The summed E-state index contributed by atoms with van der Waals surface area (Å²) in [5.41, 5.74) is 6.14. The van der Waals surface area contributed by atoms with Crippen LogP contribution in [0.3, 0.4) is 0 Å². The number of carbonyl (C=O) groups is 1. The molecule has 1 aliphatic rings. The first kappa shape index (κ1) is 13.1. The number of nitrogens with two attached hydrogens (primary N) is 1. The van der Waals surface area contributed by atoms with E-state index in [9.17, 15) is 4.79 Å². The molecule has 1 fully saturated rings. The lowest BCUT2D eigenvalue weighted by Crippen LogP contribution is -2.49. The lowest BCUT2D eigenvalue weighted by Gasteiger charge is -2.38. The Kier molecular flexibility index (Phi) is 4.38. The SMILES string of the molecule is COCCCN1C(=O)CCC(N)C1c1ccco1. The Labute approximate surface area is 107 Å². The first-order valence-corrected chi connectivity index (χ1v) is 6.31. The topological polar surface area (TPSA) is 68.7 Å². The monoisotopic (exact) mass is 252 g/mol. The average molecular weight is 252 g/mol. The van der Waals surface area contributed by atoms with Crippen molar-refractivity contribution in [1.82, 2.24) is 4.90 Å². The smallest absolute Gasteiger partial charge is 0.223 e. The van der Waals surface area contributed by atoms with Gasteiger partial charge >= 0.3 is 0 Å². The maximum Gasteiger partial charge on any atom is 0.223 e. The third-order valence-corrected chi connectivity index (χ3v) is 3.34. The number of piperidine rings is 1. The fourth-order valence-electron chi connectivity index (χ4n) is 2.45. The minimum Gasteiger partial charge on any atom is -0.467 e. The van der Waals surface area contributed by atoms with Crippen molar-refractivity contribution in [3.05, 3.63) is 24.2 Å². The van der Waals surface area contributed by atoms with Crippen molar-refractivity contribution in [2.45, 2.75) is 31.3 Å². The molecule has 100 valence electrons. The van der Waals surface area contributed by atoms with Gasteiger partial charge in [-0.3, -0.25) is 4.79 Å². The minimum atomic E-state index is -0.141. The number of hydrogen-bond donors (Lipinski definition) is 1. The van der Waals surface area contributed by atoms with Crippen LogP contribution in [0.5, 0.6) is 0 Å². The number of carbonyl (C=O) groups excluding carboxylic acids is 1. The number of amides is 1. The summed E-state index contributed by atoms with van der Waals surface area (Å²) in [5, 5.41) is 0. The van der Waals surface area contributed by atoms with Crippen LogP contribution in [0.15, 0.2) is 22.8 Å². The van der Waals surface area contributed by atoms with Gasteiger partial charge in [-0.1, -0.05) is 0 Å². The predicted octanol–water partition coefficient (Wildman–Crippen LogP) is 1.31. The minimum absolute atomic E-state index is 0.0589. The molecule has 18 heavy (non-hydrogen) atoms. The van der Waals surface area contributed by atoms with Crippen LogP contribution in [0.25, 0.3) is 0 Å². The standard InChI is InChI=1S/C13H20N2O3/c1-17-8-3-7-15-12(16)6-5-10(14)13(15)11-4-2-9-18-11/h2,4,9-10,13H,3,5-8,14H2,1H3. The molecule has 2 rings (SSSR count). The fourth-order valence-corrected chi connectivity index (χ4v) is 2.45. The molecule has 0 radical (unpaired) electrons. The van der Waals surface area contributed by atoms with Crippen LogP contribution in [-0.2, 0) is 9.53 Å². The molecule has 1 amide bonds. The Hall–Kier alpha value is -1.33. The van der Waals surface area contributed by atoms with E-state index in [1.165, 1.54) is 0 Å². The number of rotatable bonds is 5. The fraction of sp³-hybridized carbons (Fsp3) is 0.615. The van der Waals surface area contributed by atoms with Gasteiger partial charge in [-0.2, -0.15) is 0 Å². The van der Waals surface area contributed by atoms with E-state index in [2.05, 4.69) is 0 Å². The predicted molar refractivity (Wildman–Crippen MR) is 66.9 cm³/mol. The highest BCUT2D eigenvalue weighted by Crippen LogP contribution is 2.31. The van der Waals surface area contributed by atoms with Gasteiger partial charge in [0.1, 0.15) is 11.8 Å². The van der Waals surface area contributed by atoms with E-state index in [0.29, 0.717) is 26.0 Å². The molecule has 1 saturated heterocycles. The highest BCUT2D eigenvalue weighted by Gasteiger charge is 2.36. The zero-order valence-corrected chi connectivity index (χ0v) is 10.7. The van der Waals surface area contributed by atoms with E-state index in [1.807, 2.05) is 17.0 Å². The second kappa shape index (κ2) is 6.02. The van der Waals surface area contributed by atoms with Crippen molar-refractivity contribution in [1.29, 1.82) is 0 Å². The third kappa shape index (κ3) is 2.73. The average Bonchev–Trinajstić information content (AvgIpc) is 2.87. The van der Waals surface area contributed by atoms with E-state index in [4.69, 9.17) is 14.9 Å². The lowest BCUT2D eigenvalue weighted by atomic mass is 9.94. The van der Waals surface area contributed by atoms with Crippen LogP contribution in [0.1, 0.15) is 31.1 Å². The van der Waals surface area contributed by atoms with Gasteiger partial charge in [-0.15, -0.1) is 0 Å². The molecule has 0 saturated carbocycles. The molecule has 2 heterocycles. The molecule has 2 atom stereocenters. The number of nitrogens with zero attached hydrogens (tertiary/aromatic N) is 1. The van der Waals surface area contributed by atoms with Crippen LogP contribution in [0, 0.1) is 0 Å². The van der Waals surface area contributed by atoms with E-state index in [1.54, 1.807) is 13.4 Å². The van der Waals surface area contributed by atoms with Crippen LogP contribution in [0.2, 0.25) is 0 Å². The van der Waals surface area contributed by atoms with Gasteiger partial charge in [-0.25, -0.2) is 0 Å². The Morgan fingerprint density at radius 1 is 1.61 bits per heavy atom. The quantitative estimate of drug-likeness (QED) is 0.802. The molecule has 0 bridgehead atoms. The molecular weight excluding hydrogens is 232 g/mol. The third-order valence-electron chi connectivity index (χ3n) is 3.34. The first-order chi connectivity index (χ1) is 8.74. The van der Waals surface area contributed by atoms with Gasteiger partial charge in [0, 0.05) is 32.7 Å². The van der Waals surface area contributed by atoms with Crippen molar-refractivity contribution in [2.24, 2.45) is 5.73 Å². The van der Waals surface area contributed by atoms with Crippen molar-refractivity contribution in [2.75, 3.05) is 20.3 Å². The van der Waals surface area contributed by atoms with Gasteiger partial charge in [0.15, 0.2) is 0 Å². The van der Waals surface area contributed by atoms with Crippen molar-refractivity contribution in [3.8, 4) is 0 Å².